The summed E-state index contributed by atoms with van der Waals surface area (Å²) >= 11 is 0. The highest BCUT2D eigenvalue weighted by Crippen LogP contribution is 2.25. The van der Waals surface area contributed by atoms with Crippen LogP contribution in [0.15, 0.2) is 96.2 Å². The first-order valence-corrected chi connectivity index (χ1v) is 10.4. The molecule has 0 aromatic heterocycles. The van der Waals surface area contributed by atoms with Gasteiger partial charge >= 0.3 is 0 Å². The van der Waals surface area contributed by atoms with Crippen molar-refractivity contribution in [2.45, 2.75) is 25.0 Å². The molecule has 7 heteroatoms. The molecule has 3 aromatic carbocycles. The molecule has 0 saturated carbocycles. The molecule has 170 valence electrons. The maximum absolute atomic E-state index is 10.8. The first-order valence-electron chi connectivity index (χ1n) is 10.4. The van der Waals surface area contributed by atoms with Crippen molar-refractivity contribution in [1.82, 2.24) is 0 Å². The predicted octanol–water partition coefficient (Wildman–Crippen LogP) is 5.01. The van der Waals surface area contributed by atoms with Crippen molar-refractivity contribution in [3.63, 3.8) is 0 Å². The van der Waals surface area contributed by atoms with E-state index in [9.17, 15) is 25.4 Å². The summed E-state index contributed by atoms with van der Waals surface area (Å²) in [5.41, 5.74) is 4.85. The monoisotopic (exact) mass is 447 g/mol. The highest BCUT2D eigenvalue weighted by atomic mass is 16.6. The molecule has 0 radical (unpaired) electrons. The molecule has 0 spiro atoms. The van der Waals surface area contributed by atoms with Gasteiger partial charge in [-0.1, -0.05) is 30.3 Å². The zero-order valence-corrected chi connectivity index (χ0v) is 17.9. The molecule has 0 saturated heterocycles. The zero-order valence-electron chi connectivity index (χ0n) is 17.9. The lowest BCUT2D eigenvalue weighted by Gasteiger charge is -2.14. The number of rotatable bonds is 10. The molecule has 0 amide bonds. The maximum Gasteiger partial charge on any atom is 0.269 e. The van der Waals surface area contributed by atoms with E-state index in [0.717, 1.165) is 0 Å². The van der Waals surface area contributed by atoms with Crippen molar-refractivity contribution in [3.05, 3.63) is 117 Å². The number of aromatic hydroxyl groups is 1. The van der Waals surface area contributed by atoms with Crippen LogP contribution in [0.5, 0.6) is 11.5 Å². The Morgan fingerprint density at radius 1 is 0.970 bits per heavy atom. The second-order valence-corrected chi connectivity index (χ2v) is 7.47. The molecule has 0 heterocycles. The first-order chi connectivity index (χ1) is 15.9. The molecule has 0 bridgehead atoms. The van der Waals surface area contributed by atoms with Crippen LogP contribution in [0.3, 0.4) is 0 Å². The molecule has 3 aromatic rings. The molecular weight excluding hydrogens is 422 g/mol. The van der Waals surface area contributed by atoms with Crippen LogP contribution in [-0.2, 0) is 0 Å². The average molecular weight is 447 g/mol. The molecule has 2 atom stereocenters. The summed E-state index contributed by atoms with van der Waals surface area (Å²) in [6.45, 7) is 0.173. The van der Waals surface area contributed by atoms with Crippen molar-refractivity contribution < 1.29 is 25.0 Å². The molecule has 3 N–H and O–H groups in total. The lowest BCUT2D eigenvalue weighted by atomic mass is 10.0. The smallest absolute Gasteiger partial charge is 0.269 e. The molecule has 0 aliphatic rings. The summed E-state index contributed by atoms with van der Waals surface area (Å²) in [6.07, 6.45) is 0.397. The van der Waals surface area contributed by atoms with E-state index in [1.54, 1.807) is 18.2 Å². The maximum atomic E-state index is 10.8. The van der Waals surface area contributed by atoms with Crippen LogP contribution in [0, 0.1) is 10.1 Å². The summed E-state index contributed by atoms with van der Waals surface area (Å²) < 4.78 is 5.80. The van der Waals surface area contributed by atoms with Gasteiger partial charge in [0.15, 0.2) is 0 Å². The summed E-state index contributed by atoms with van der Waals surface area (Å²) in [5.74, 6) is 0.746. The number of hydrogen-bond donors (Lipinski definition) is 3. The normalized spacial score (nSPS) is 12.3. The number of phenols is 1. The minimum absolute atomic E-state index is 0.0463. The Balaban J connectivity index is 1.74. The Hall–Kier alpha value is -3.90. The Morgan fingerprint density at radius 3 is 2.36 bits per heavy atom. The van der Waals surface area contributed by atoms with E-state index in [1.165, 1.54) is 36.4 Å². The number of nitrogens with zero attached hydrogens (tertiary/aromatic N) is 1. The van der Waals surface area contributed by atoms with Gasteiger partial charge in [-0.2, -0.15) is 0 Å². The van der Waals surface area contributed by atoms with Gasteiger partial charge in [0.05, 0.1) is 17.1 Å². The Bertz CT molecular complexity index is 1120. The van der Waals surface area contributed by atoms with E-state index in [-0.39, 0.29) is 30.9 Å². The fraction of sp³-hybridized carbons (Fsp3) is 0.192. The number of benzene rings is 3. The van der Waals surface area contributed by atoms with E-state index < -0.39 is 17.1 Å². The SMILES string of the molecule is O=[N+]([O-])c1ccc([C@H](O)CC(=C=CC[C@@H](O)c2cccc(O)c2)COc2ccccc2)cc1. The third kappa shape index (κ3) is 7.33. The second-order valence-electron chi connectivity index (χ2n) is 7.47. The van der Waals surface area contributed by atoms with Gasteiger partial charge in [0.1, 0.15) is 18.1 Å². The Labute approximate surface area is 191 Å². The number of aliphatic hydroxyl groups is 2. The van der Waals surface area contributed by atoms with Crippen LogP contribution in [0.25, 0.3) is 0 Å². The Morgan fingerprint density at radius 2 is 1.70 bits per heavy atom. The number of para-hydroxylation sites is 1. The third-order valence-corrected chi connectivity index (χ3v) is 4.99. The number of ether oxygens (including phenoxy) is 1. The average Bonchev–Trinajstić information content (AvgIpc) is 2.83. The number of aliphatic hydroxyl groups excluding tert-OH is 2. The molecule has 0 aliphatic heterocycles. The number of non-ortho nitro benzene ring substituents is 1. The van der Waals surface area contributed by atoms with Gasteiger partial charge in [0.25, 0.3) is 5.69 Å². The van der Waals surface area contributed by atoms with Crippen LogP contribution >= 0.6 is 0 Å². The number of nitro benzene ring substituents is 1. The van der Waals surface area contributed by atoms with E-state index in [2.05, 4.69) is 5.73 Å². The topological polar surface area (TPSA) is 113 Å². The van der Waals surface area contributed by atoms with Gasteiger partial charge in [0, 0.05) is 30.5 Å². The largest absolute Gasteiger partial charge is 0.508 e. The van der Waals surface area contributed by atoms with Crippen LogP contribution in [-0.4, -0.2) is 26.8 Å². The molecule has 3 rings (SSSR count). The fourth-order valence-electron chi connectivity index (χ4n) is 3.20. The van der Waals surface area contributed by atoms with Crippen LogP contribution < -0.4 is 4.74 Å². The van der Waals surface area contributed by atoms with Crippen molar-refractivity contribution in [2.75, 3.05) is 6.61 Å². The molecule has 0 unspecified atom stereocenters. The fourth-order valence-corrected chi connectivity index (χ4v) is 3.20. The highest BCUT2D eigenvalue weighted by molar-refractivity contribution is 5.34. The van der Waals surface area contributed by atoms with E-state index >= 15 is 0 Å². The number of phenolic OH excluding ortho intramolecular Hbond substituents is 1. The van der Waals surface area contributed by atoms with Crippen LogP contribution in [0.4, 0.5) is 5.69 Å². The van der Waals surface area contributed by atoms with E-state index in [4.69, 9.17) is 4.74 Å². The highest BCUT2D eigenvalue weighted by Gasteiger charge is 2.13. The van der Waals surface area contributed by atoms with Crippen molar-refractivity contribution in [3.8, 4) is 11.5 Å². The predicted molar refractivity (Wildman–Crippen MR) is 124 cm³/mol. The van der Waals surface area contributed by atoms with Gasteiger partial charge in [-0.25, -0.2) is 0 Å². The van der Waals surface area contributed by atoms with Gasteiger partial charge in [-0.05, 0) is 53.6 Å². The Kier molecular flexibility index (Phi) is 8.38. The van der Waals surface area contributed by atoms with Crippen molar-refractivity contribution in [1.29, 1.82) is 0 Å². The minimum atomic E-state index is -0.905. The summed E-state index contributed by atoms with van der Waals surface area (Å²) in [7, 11) is 0. The van der Waals surface area contributed by atoms with Gasteiger partial charge in [-0.3, -0.25) is 10.1 Å². The molecular formula is C26H25NO6. The zero-order chi connectivity index (χ0) is 23.6. The molecule has 33 heavy (non-hydrogen) atoms. The second kappa shape index (κ2) is 11.6. The van der Waals surface area contributed by atoms with E-state index in [1.807, 2.05) is 30.3 Å². The minimum Gasteiger partial charge on any atom is -0.508 e. The van der Waals surface area contributed by atoms with Crippen LogP contribution in [0.2, 0.25) is 0 Å². The van der Waals surface area contributed by atoms with Gasteiger partial charge in [-0.15, -0.1) is 5.73 Å². The van der Waals surface area contributed by atoms with Gasteiger partial charge < -0.3 is 20.1 Å². The molecule has 7 nitrogen and oxygen atoms in total. The quantitative estimate of drug-likeness (QED) is 0.229. The standard InChI is InChI=1S/C26H25NO6/c28-23-8-5-7-21(17-23)25(29)11-4-6-19(18-33-24-9-2-1-3-10-24)16-26(30)20-12-14-22(15-13-20)27(31)32/h1-5,7-10,12-15,17,25-26,28-30H,11,16,18H2/t6?,25-,26-/m1/s1. The summed E-state index contributed by atoms with van der Waals surface area (Å²) in [6, 6.07) is 21.4. The molecule has 0 aliphatic carbocycles. The lowest BCUT2D eigenvalue weighted by molar-refractivity contribution is -0.384. The van der Waals surface area contributed by atoms with Crippen molar-refractivity contribution in [2.24, 2.45) is 0 Å². The number of hydrogen-bond acceptors (Lipinski definition) is 6. The first kappa shape index (κ1) is 23.8. The van der Waals surface area contributed by atoms with E-state index in [0.29, 0.717) is 22.4 Å². The van der Waals surface area contributed by atoms with Crippen LogP contribution in [0.1, 0.15) is 36.2 Å². The van der Waals surface area contributed by atoms with Gasteiger partial charge in [0.2, 0.25) is 0 Å². The summed E-state index contributed by atoms with van der Waals surface area (Å²) in [4.78, 5) is 10.4. The summed E-state index contributed by atoms with van der Waals surface area (Å²) in [5, 5.41) is 41.5. The lowest BCUT2D eigenvalue weighted by Crippen LogP contribution is -2.06. The number of nitro groups is 1. The van der Waals surface area contributed by atoms with Crippen molar-refractivity contribution >= 4 is 5.69 Å². The third-order valence-electron chi connectivity index (χ3n) is 4.99. The molecule has 0 fully saturated rings.